The van der Waals surface area contributed by atoms with Gasteiger partial charge >= 0.3 is 0 Å². The van der Waals surface area contributed by atoms with Crippen LogP contribution in [0, 0.1) is 5.82 Å². The average Bonchev–Trinajstić information content (AvgIpc) is 2.71. The van der Waals surface area contributed by atoms with Crippen molar-refractivity contribution < 1.29 is 9.18 Å². The summed E-state index contributed by atoms with van der Waals surface area (Å²) >= 11 is 3.21. The molecule has 17 heavy (non-hydrogen) atoms. The van der Waals surface area contributed by atoms with Gasteiger partial charge in [-0.05, 0) is 47.0 Å². The van der Waals surface area contributed by atoms with E-state index in [9.17, 15) is 9.18 Å². The number of carbonyl (C=O) groups is 1. The molecule has 0 radical (unpaired) electrons. The number of benzene rings is 1. The first-order chi connectivity index (χ1) is 8.01. The van der Waals surface area contributed by atoms with E-state index in [1.54, 1.807) is 0 Å². The Bertz CT molecular complexity index is 444. The zero-order chi connectivity index (χ0) is 12.5. The fourth-order valence-corrected chi connectivity index (χ4v) is 2.52. The summed E-state index contributed by atoms with van der Waals surface area (Å²) in [5.41, 5.74) is 5.81. The number of hydrogen-bond donors (Lipinski definition) is 2. The Kier molecular flexibility index (Phi) is 3.49. The van der Waals surface area contributed by atoms with Crippen LogP contribution < -0.4 is 11.1 Å². The molecule has 2 rings (SSSR count). The number of rotatable bonds is 2. The maximum absolute atomic E-state index is 12.9. The molecule has 3 N–H and O–H groups in total. The molecule has 1 aliphatic carbocycles. The lowest BCUT2D eigenvalue weighted by atomic mass is 9.98. The first-order valence-electron chi connectivity index (χ1n) is 5.57. The van der Waals surface area contributed by atoms with Crippen LogP contribution in [0.5, 0.6) is 0 Å². The molecule has 1 aromatic carbocycles. The van der Waals surface area contributed by atoms with Gasteiger partial charge in [0.05, 0.1) is 11.2 Å². The first-order valence-corrected chi connectivity index (χ1v) is 6.36. The number of amides is 1. The molecule has 0 saturated heterocycles. The van der Waals surface area contributed by atoms with E-state index < -0.39 is 5.54 Å². The summed E-state index contributed by atoms with van der Waals surface area (Å²) in [4.78, 5) is 12.0. The van der Waals surface area contributed by atoms with Crippen LogP contribution in [0.1, 0.15) is 25.7 Å². The average molecular weight is 301 g/mol. The first kappa shape index (κ1) is 12.5. The Morgan fingerprint density at radius 1 is 1.41 bits per heavy atom. The zero-order valence-electron chi connectivity index (χ0n) is 9.30. The molecule has 1 aromatic rings. The van der Waals surface area contributed by atoms with Crippen LogP contribution in [0.15, 0.2) is 22.7 Å². The fraction of sp³-hybridized carbons (Fsp3) is 0.417. The molecule has 0 aliphatic heterocycles. The Labute approximate surface area is 108 Å². The second-order valence-corrected chi connectivity index (χ2v) is 5.30. The zero-order valence-corrected chi connectivity index (χ0v) is 10.9. The lowest BCUT2D eigenvalue weighted by Crippen LogP contribution is -2.48. The SMILES string of the molecule is NC1(C(=O)Nc2ccc(F)cc2Br)CCCC1. The summed E-state index contributed by atoms with van der Waals surface area (Å²) in [5.74, 6) is -0.541. The highest BCUT2D eigenvalue weighted by Gasteiger charge is 2.37. The third-order valence-electron chi connectivity index (χ3n) is 3.13. The van der Waals surface area contributed by atoms with Gasteiger partial charge in [-0.3, -0.25) is 4.79 Å². The van der Waals surface area contributed by atoms with Crippen LogP contribution in [-0.4, -0.2) is 11.4 Å². The van der Waals surface area contributed by atoms with Crippen molar-refractivity contribution in [2.75, 3.05) is 5.32 Å². The van der Waals surface area contributed by atoms with Crippen LogP contribution in [0.2, 0.25) is 0 Å². The van der Waals surface area contributed by atoms with Crippen LogP contribution in [0.25, 0.3) is 0 Å². The van der Waals surface area contributed by atoms with Crippen LogP contribution in [-0.2, 0) is 4.79 Å². The van der Waals surface area contributed by atoms with Gasteiger partial charge < -0.3 is 11.1 Å². The van der Waals surface area contributed by atoms with Gasteiger partial charge in [0.25, 0.3) is 0 Å². The van der Waals surface area contributed by atoms with Crippen molar-refractivity contribution in [1.29, 1.82) is 0 Å². The Balaban J connectivity index is 2.13. The van der Waals surface area contributed by atoms with Gasteiger partial charge in [-0.15, -0.1) is 0 Å². The van der Waals surface area contributed by atoms with Gasteiger partial charge in [-0.25, -0.2) is 4.39 Å². The predicted octanol–water partition coefficient (Wildman–Crippen LogP) is 2.80. The number of nitrogens with one attached hydrogen (secondary N) is 1. The molecule has 1 saturated carbocycles. The molecule has 3 nitrogen and oxygen atoms in total. The van der Waals surface area contributed by atoms with Crippen molar-refractivity contribution in [1.82, 2.24) is 0 Å². The standard InChI is InChI=1S/C12H14BrFN2O/c13-9-7-8(14)3-4-10(9)16-11(17)12(15)5-1-2-6-12/h3-4,7H,1-2,5-6,15H2,(H,16,17). The van der Waals surface area contributed by atoms with Crippen molar-refractivity contribution in [3.63, 3.8) is 0 Å². The van der Waals surface area contributed by atoms with E-state index in [1.807, 2.05) is 0 Å². The number of nitrogens with two attached hydrogens (primary N) is 1. The summed E-state index contributed by atoms with van der Waals surface area (Å²) in [5, 5.41) is 2.74. The summed E-state index contributed by atoms with van der Waals surface area (Å²) in [6, 6.07) is 4.14. The molecule has 0 atom stereocenters. The third-order valence-corrected chi connectivity index (χ3v) is 3.78. The van der Waals surface area contributed by atoms with Gasteiger partial charge in [0, 0.05) is 4.47 Å². The van der Waals surface area contributed by atoms with Crippen molar-refractivity contribution in [3.05, 3.63) is 28.5 Å². The summed E-state index contributed by atoms with van der Waals surface area (Å²) in [6.45, 7) is 0. The minimum atomic E-state index is -0.770. The Morgan fingerprint density at radius 3 is 2.65 bits per heavy atom. The van der Waals surface area contributed by atoms with Gasteiger partial charge in [0.2, 0.25) is 5.91 Å². The monoisotopic (exact) mass is 300 g/mol. The van der Waals surface area contributed by atoms with E-state index in [1.165, 1.54) is 18.2 Å². The normalized spacial score (nSPS) is 18.1. The van der Waals surface area contributed by atoms with Gasteiger partial charge in [0.15, 0.2) is 0 Å². The smallest absolute Gasteiger partial charge is 0.244 e. The Morgan fingerprint density at radius 2 is 2.06 bits per heavy atom. The molecular formula is C12H14BrFN2O. The highest BCUT2D eigenvalue weighted by Crippen LogP contribution is 2.30. The minimum absolute atomic E-state index is 0.192. The quantitative estimate of drug-likeness (QED) is 0.882. The van der Waals surface area contributed by atoms with E-state index in [0.717, 1.165) is 12.8 Å². The maximum atomic E-state index is 12.9. The van der Waals surface area contributed by atoms with Crippen LogP contribution in [0.4, 0.5) is 10.1 Å². The fourth-order valence-electron chi connectivity index (χ4n) is 2.07. The molecule has 1 aliphatic rings. The van der Waals surface area contributed by atoms with E-state index in [-0.39, 0.29) is 11.7 Å². The summed E-state index contributed by atoms with van der Waals surface area (Å²) in [7, 11) is 0. The highest BCUT2D eigenvalue weighted by atomic mass is 79.9. The number of hydrogen-bond acceptors (Lipinski definition) is 2. The van der Waals surface area contributed by atoms with Gasteiger partial charge in [-0.1, -0.05) is 12.8 Å². The number of anilines is 1. The molecule has 0 heterocycles. The summed E-state index contributed by atoms with van der Waals surface area (Å²) < 4.78 is 13.4. The molecule has 0 aromatic heterocycles. The molecule has 1 fully saturated rings. The predicted molar refractivity (Wildman–Crippen MR) is 68.1 cm³/mol. The Hall–Kier alpha value is -0.940. The van der Waals surface area contributed by atoms with Gasteiger partial charge in [-0.2, -0.15) is 0 Å². The largest absolute Gasteiger partial charge is 0.323 e. The molecule has 0 spiro atoms. The third kappa shape index (κ3) is 2.66. The lowest BCUT2D eigenvalue weighted by Gasteiger charge is -2.22. The second kappa shape index (κ2) is 4.74. The van der Waals surface area contributed by atoms with E-state index in [2.05, 4.69) is 21.2 Å². The van der Waals surface area contributed by atoms with E-state index >= 15 is 0 Å². The molecule has 0 bridgehead atoms. The van der Waals surface area contributed by atoms with Crippen molar-refractivity contribution in [3.8, 4) is 0 Å². The van der Waals surface area contributed by atoms with Crippen LogP contribution in [0.3, 0.4) is 0 Å². The number of carbonyl (C=O) groups excluding carboxylic acids is 1. The van der Waals surface area contributed by atoms with E-state index in [4.69, 9.17) is 5.73 Å². The lowest BCUT2D eigenvalue weighted by molar-refractivity contribution is -0.121. The maximum Gasteiger partial charge on any atom is 0.244 e. The van der Waals surface area contributed by atoms with Crippen molar-refractivity contribution >= 4 is 27.5 Å². The van der Waals surface area contributed by atoms with E-state index in [0.29, 0.717) is 23.0 Å². The second-order valence-electron chi connectivity index (χ2n) is 4.44. The van der Waals surface area contributed by atoms with Crippen molar-refractivity contribution in [2.24, 2.45) is 5.73 Å². The molecule has 5 heteroatoms. The highest BCUT2D eigenvalue weighted by molar-refractivity contribution is 9.10. The molecule has 1 amide bonds. The summed E-state index contributed by atoms with van der Waals surface area (Å²) in [6.07, 6.45) is 3.37. The van der Waals surface area contributed by atoms with Gasteiger partial charge in [0.1, 0.15) is 5.82 Å². The number of halogens is 2. The van der Waals surface area contributed by atoms with Crippen LogP contribution >= 0.6 is 15.9 Å². The molecule has 92 valence electrons. The topological polar surface area (TPSA) is 55.1 Å². The van der Waals surface area contributed by atoms with Crippen molar-refractivity contribution in [2.45, 2.75) is 31.2 Å². The molecule has 0 unspecified atom stereocenters. The minimum Gasteiger partial charge on any atom is -0.323 e. The molecular weight excluding hydrogens is 287 g/mol.